The standard InChI is InChI=1S/C21H29N5O3/c1-15-18(14-23-29-15)21(28)22-13-17-7-4-5-9-25(17)10-11-26-20(27)12-16-6-2-3-8-19(16)24-26/h12,14,17H,2-11,13H2,1H3,(H,22,28). The highest BCUT2D eigenvalue weighted by Crippen LogP contribution is 2.18. The van der Waals surface area contributed by atoms with Crippen molar-refractivity contribution in [2.75, 3.05) is 19.6 Å². The van der Waals surface area contributed by atoms with Crippen LogP contribution < -0.4 is 10.9 Å². The molecule has 156 valence electrons. The SMILES string of the molecule is Cc1oncc1C(=O)NCC1CCCCN1CCn1nc2c(cc1=O)CCCC2. The molecule has 8 heteroatoms. The molecule has 0 bridgehead atoms. The molecule has 0 saturated carbocycles. The minimum atomic E-state index is -0.151. The maximum Gasteiger partial charge on any atom is 0.267 e. The molecular formula is C21H29N5O3. The molecule has 1 N–H and O–H groups in total. The van der Waals surface area contributed by atoms with Crippen LogP contribution in [0.3, 0.4) is 0 Å². The maximum absolute atomic E-state index is 12.4. The van der Waals surface area contributed by atoms with Crippen LogP contribution >= 0.6 is 0 Å². The highest BCUT2D eigenvalue weighted by atomic mass is 16.5. The molecule has 3 heterocycles. The second-order valence-corrected chi connectivity index (χ2v) is 8.08. The van der Waals surface area contributed by atoms with Gasteiger partial charge >= 0.3 is 0 Å². The third kappa shape index (κ3) is 4.58. The lowest BCUT2D eigenvalue weighted by Gasteiger charge is -2.35. The van der Waals surface area contributed by atoms with E-state index in [1.165, 1.54) is 6.20 Å². The van der Waals surface area contributed by atoms with Crippen LogP contribution in [0.2, 0.25) is 0 Å². The number of likely N-dealkylation sites (tertiary alicyclic amines) is 1. The molecule has 0 spiro atoms. The Kier molecular flexibility index (Phi) is 6.08. The zero-order chi connectivity index (χ0) is 20.2. The first-order chi connectivity index (χ1) is 14.1. The first kappa shape index (κ1) is 19.8. The van der Waals surface area contributed by atoms with Gasteiger partial charge in [-0.3, -0.25) is 14.5 Å². The van der Waals surface area contributed by atoms with Gasteiger partial charge in [-0.15, -0.1) is 0 Å². The first-order valence-corrected chi connectivity index (χ1v) is 10.7. The van der Waals surface area contributed by atoms with E-state index < -0.39 is 0 Å². The predicted octanol–water partition coefficient (Wildman–Crippen LogP) is 1.70. The summed E-state index contributed by atoms with van der Waals surface area (Å²) in [5.74, 6) is 0.378. The van der Waals surface area contributed by atoms with E-state index in [0.29, 0.717) is 24.4 Å². The van der Waals surface area contributed by atoms with E-state index in [1.54, 1.807) is 17.7 Å². The number of fused-ring (bicyclic) bond motifs is 1. The number of hydrogen-bond donors (Lipinski definition) is 1. The third-order valence-electron chi connectivity index (χ3n) is 6.12. The van der Waals surface area contributed by atoms with Crippen molar-refractivity contribution < 1.29 is 9.32 Å². The van der Waals surface area contributed by atoms with Crippen molar-refractivity contribution in [3.05, 3.63) is 45.2 Å². The van der Waals surface area contributed by atoms with Crippen LogP contribution in [-0.2, 0) is 19.4 Å². The summed E-state index contributed by atoms with van der Waals surface area (Å²) in [6.07, 6.45) is 9.02. The summed E-state index contributed by atoms with van der Waals surface area (Å²) in [7, 11) is 0. The van der Waals surface area contributed by atoms with Crippen molar-refractivity contribution >= 4 is 5.91 Å². The van der Waals surface area contributed by atoms with Gasteiger partial charge in [-0.05, 0) is 57.6 Å². The molecule has 1 atom stereocenters. The number of carbonyl (C=O) groups is 1. The van der Waals surface area contributed by atoms with Gasteiger partial charge in [0.25, 0.3) is 11.5 Å². The zero-order valence-corrected chi connectivity index (χ0v) is 17.0. The summed E-state index contributed by atoms with van der Waals surface area (Å²) in [6.45, 7) is 4.64. The Morgan fingerprint density at radius 1 is 1.24 bits per heavy atom. The number of carbonyl (C=O) groups excluding carboxylic acids is 1. The molecule has 1 aliphatic carbocycles. The third-order valence-corrected chi connectivity index (χ3v) is 6.12. The lowest BCUT2D eigenvalue weighted by Crippen LogP contribution is -2.48. The Morgan fingerprint density at radius 2 is 2.10 bits per heavy atom. The van der Waals surface area contributed by atoms with E-state index >= 15 is 0 Å². The van der Waals surface area contributed by atoms with Gasteiger partial charge in [-0.2, -0.15) is 5.10 Å². The molecule has 1 saturated heterocycles. The molecule has 1 unspecified atom stereocenters. The van der Waals surface area contributed by atoms with Crippen molar-refractivity contribution in [3.63, 3.8) is 0 Å². The molecule has 2 aliphatic rings. The quantitative estimate of drug-likeness (QED) is 0.795. The van der Waals surface area contributed by atoms with Crippen LogP contribution in [0.5, 0.6) is 0 Å². The molecule has 1 amide bonds. The average Bonchev–Trinajstić information content (AvgIpc) is 3.17. The summed E-state index contributed by atoms with van der Waals surface area (Å²) in [4.78, 5) is 27.2. The Hall–Kier alpha value is -2.48. The smallest absolute Gasteiger partial charge is 0.267 e. The van der Waals surface area contributed by atoms with Crippen LogP contribution in [0, 0.1) is 6.92 Å². The molecule has 2 aromatic heterocycles. The topological polar surface area (TPSA) is 93.3 Å². The zero-order valence-electron chi connectivity index (χ0n) is 17.0. The number of rotatable bonds is 6. The summed E-state index contributed by atoms with van der Waals surface area (Å²) >= 11 is 0. The molecule has 0 aromatic carbocycles. The first-order valence-electron chi connectivity index (χ1n) is 10.7. The van der Waals surface area contributed by atoms with Gasteiger partial charge < -0.3 is 9.84 Å². The van der Waals surface area contributed by atoms with Gasteiger partial charge in [-0.25, -0.2) is 4.68 Å². The molecular weight excluding hydrogens is 370 g/mol. The van der Waals surface area contributed by atoms with Crippen molar-refractivity contribution in [3.8, 4) is 0 Å². The molecule has 1 aliphatic heterocycles. The molecule has 1 fully saturated rings. The predicted molar refractivity (Wildman–Crippen MR) is 108 cm³/mol. The monoisotopic (exact) mass is 399 g/mol. The van der Waals surface area contributed by atoms with Crippen LogP contribution in [-0.4, -0.2) is 51.4 Å². The number of aromatic nitrogens is 3. The number of piperidine rings is 1. The van der Waals surface area contributed by atoms with E-state index in [4.69, 9.17) is 4.52 Å². The van der Waals surface area contributed by atoms with Crippen molar-refractivity contribution in [1.29, 1.82) is 0 Å². The lowest BCUT2D eigenvalue weighted by molar-refractivity contribution is 0.0907. The van der Waals surface area contributed by atoms with E-state index in [-0.39, 0.29) is 17.5 Å². The highest BCUT2D eigenvalue weighted by Gasteiger charge is 2.24. The van der Waals surface area contributed by atoms with Crippen LogP contribution in [0.4, 0.5) is 0 Å². The van der Waals surface area contributed by atoms with Gasteiger partial charge in [0.15, 0.2) is 0 Å². The van der Waals surface area contributed by atoms with Gasteiger partial charge in [-0.1, -0.05) is 11.6 Å². The minimum Gasteiger partial charge on any atom is -0.361 e. The fourth-order valence-electron chi connectivity index (χ4n) is 4.39. The number of nitrogens with one attached hydrogen (secondary N) is 1. The van der Waals surface area contributed by atoms with Gasteiger partial charge in [0.05, 0.1) is 18.4 Å². The number of amides is 1. The Labute approximate surface area is 170 Å². The summed E-state index contributed by atoms with van der Waals surface area (Å²) in [6, 6.07) is 2.04. The number of aryl methyl sites for hydroxylation is 3. The van der Waals surface area contributed by atoms with Crippen molar-refractivity contribution in [1.82, 2.24) is 25.2 Å². The fourth-order valence-corrected chi connectivity index (χ4v) is 4.39. The molecule has 0 radical (unpaired) electrons. The van der Waals surface area contributed by atoms with Gasteiger partial charge in [0, 0.05) is 25.2 Å². The Bertz CT molecular complexity index is 919. The second kappa shape index (κ2) is 8.90. The summed E-state index contributed by atoms with van der Waals surface area (Å²) < 4.78 is 6.60. The maximum atomic E-state index is 12.4. The van der Waals surface area contributed by atoms with Gasteiger partial charge in [0.1, 0.15) is 11.3 Å². The summed E-state index contributed by atoms with van der Waals surface area (Å²) in [5, 5.41) is 11.3. The summed E-state index contributed by atoms with van der Waals surface area (Å²) in [5.41, 5.74) is 2.69. The second-order valence-electron chi connectivity index (χ2n) is 8.08. The fraction of sp³-hybridized carbons (Fsp3) is 0.619. The normalized spacial score (nSPS) is 19.7. The number of hydrogen-bond acceptors (Lipinski definition) is 6. The largest absolute Gasteiger partial charge is 0.361 e. The van der Waals surface area contributed by atoms with Crippen LogP contribution in [0.1, 0.15) is 59.5 Å². The highest BCUT2D eigenvalue weighted by molar-refractivity contribution is 5.94. The molecule has 4 rings (SSSR count). The van der Waals surface area contributed by atoms with Crippen LogP contribution in [0.15, 0.2) is 21.6 Å². The molecule has 29 heavy (non-hydrogen) atoms. The average molecular weight is 399 g/mol. The van der Waals surface area contributed by atoms with E-state index in [9.17, 15) is 9.59 Å². The Morgan fingerprint density at radius 3 is 2.93 bits per heavy atom. The van der Waals surface area contributed by atoms with Crippen molar-refractivity contribution in [2.24, 2.45) is 0 Å². The lowest BCUT2D eigenvalue weighted by atomic mass is 9.97. The number of nitrogens with zero attached hydrogens (tertiary/aromatic N) is 4. The van der Waals surface area contributed by atoms with Crippen LogP contribution in [0.25, 0.3) is 0 Å². The Balaban J connectivity index is 1.36. The van der Waals surface area contributed by atoms with E-state index in [0.717, 1.165) is 69.3 Å². The van der Waals surface area contributed by atoms with Crippen molar-refractivity contribution in [2.45, 2.75) is 64.5 Å². The van der Waals surface area contributed by atoms with E-state index in [2.05, 4.69) is 20.5 Å². The molecule has 2 aromatic rings. The van der Waals surface area contributed by atoms with Gasteiger partial charge in [0.2, 0.25) is 0 Å². The minimum absolute atomic E-state index is 0.00422. The molecule has 8 nitrogen and oxygen atoms in total. The van der Waals surface area contributed by atoms with E-state index in [1.807, 2.05) is 0 Å².